The predicted octanol–water partition coefficient (Wildman–Crippen LogP) is 0.819. The molecular formula is C12H24N2O3. The highest BCUT2D eigenvalue weighted by Gasteiger charge is 2.18. The number of hydrogen-bond donors (Lipinski definition) is 2. The van der Waals surface area contributed by atoms with Gasteiger partial charge in [-0.1, -0.05) is 20.3 Å². The molecule has 100 valence electrons. The summed E-state index contributed by atoms with van der Waals surface area (Å²) in [4.78, 5) is 22.6. The summed E-state index contributed by atoms with van der Waals surface area (Å²) < 4.78 is 4.78. The van der Waals surface area contributed by atoms with Gasteiger partial charge < -0.3 is 15.8 Å². The van der Waals surface area contributed by atoms with E-state index >= 15 is 0 Å². The Labute approximate surface area is 103 Å². The van der Waals surface area contributed by atoms with Gasteiger partial charge in [0, 0.05) is 13.0 Å². The van der Waals surface area contributed by atoms with Crippen molar-refractivity contribution in [2.45, 2.75) is 46.1 Å². The maximum Gasteiger partial charge on any atom is 0.305 e. The van der Waals surface area contributed by atoms with E-state index in [1.54, 1.807) is 6.92 Å². The Morgan fingerprint density at radius 3 is 2.53 bits per heavy atom. The Balaban J connectivity index is 3.68. The summed E-state index contributed by atoms with van der Waals surface area (Å²) in [5.41, 5.74) is 5.76. The van der Waals surface area contributed by atoms with Crippen LogP contribution >= 0.6 is 0 Å². The lowest BCUT2D eigenvalue weighted by atomic mass is 9.99. The lowest BCUT2D eigenvalue weighted by Gasteiger charge is -2.17. The molecule has 0 aromatic carbocycles. The number of nitrogens with one attached hydrogen (secondary N) is 1. The Hall–Kier alpha value is -1.10. The van der Waals surface area contributed by atoms with Crippen LogP contribution < -0.4 is 11.1 Å². The average molecular weight is 244 g/mol. The third-order valence-corrected chi connectivity index (χ3v) is 2.72. The number of carbonyl (C=O) groups excluding carboxylic acids is 2. The molecule has 2 atom stereocenters. The number of amides is 1. The minimum atomic E-state index is -0.470. The molecule has 5 nitrogen and oxygen atoms in total. The van der Waals surface area contributed by atoms with Gasteiger partial charge in [0.2, 0.25) is 5.91 Å². The van der Waals surface area contributed by atoms with Crippen LogP contribution in [-0.4, -0.2) is 31.1 Å². The molecule has 0 aromatic heterocycles. The zero-order valence-corrected chi connectivity index (χ0v) is 11.0. The van der Waals surface area contributed by atoms with Crippen LogP contribution in [0, 0.1) is 5.92 Å². The number of carbonyl (C=O) groups is 2. The number of hydrogen-bond acceptors (Lipinski definition) is 4. The number of esters is 1. The molecule has 0 radical (unpaired) electrons. The van der Waals surface area contributed by atoms with Crippen molar-refractivity contribution in [2.75, 3.05) is 13.2 Å². The normalized spacial score (nSPS) is 13.9. The molecule has 0 bridgehead atoms. The topological polar surface area (TPSA) is 81.4 Å². The highest BCUT2D eigenvalue weighted by atomic mass is 16.5. The molecule has 0 heterocycles. The molecule has 0 spiro atoms. The first-order valence-electron chi connectivity index (χ1n) is 6.21. The maximum atomic E-state index is 11.6. The van der Waals surface area contributed by atoms with Crippen LogP contribution in [0.2, 0.25) is 0 Å². The standard InChI is InChI=1S/C12H24N2O3/c1-4-9(3)11(13)12(16)14-8-6-7-10(15)17-5-2/h9,11H,4-8,13H2,1-3H3,(H,14,16). The fraction of sp³-hybridized carbons (Fsp3) is 0.833. The van der Waals surface area contributed by atoms with Gasteiger partial charge in [0.05, 0.1) is 12.6 Å². The van der Waals surface area contributed by atoms with Crippen molar-refractivity contribution >= 4 is 11.9 Å². The van der Waals surface area contributed by atoms with Crippen molar-refractivity contribution in [1.82, 2.24) is 5.32 Å². The van der Waals surface area contributed by atoms with Crippen molar-refractivity contribution in [3.8, 4) is 0 Å². The van der Waals surface area contributed by atoms with Crippen molar-refractivity contribution in [3.05, 3.63) is 0 Å². The monoisotopic (exact) mass is 244 g/mol. The molecule has 1 amide bonds. The molecule has 0 aliphatic rings. The van der Waals surface area contributed by atoms with E-state index in [0.29, 0.717) is 26.0 Å². The fourth-order valence-corrected chi connectivity index (χ4v) is 1.31. The molecule has 0 saturated carbocycles. The van der Waals surface area contributed by atoms with E-state index in [0.717, 1.165) is 6.42 Å². The predicted molar refractivity (Wildman–Crippen MR) is 66.3 cm³/mol. The first-order chi connectivity index (χ1) is 8.02. The summed E-state index contributed by atoms with van der Waals surface area (Å²) in [5.74, 6) is -0.212. The summed E-state index contributed by atoms with van der Waals surface area (Å²) in [6.45, 7) is 6.57. The first-order valence-corrected chi connectivity index (χ1v) is 6.21. The summed E-state index contributed by atoms with van der Waals surface area (Å²) in [7, 11) is 0. The number of nitrogens with two attached hydrogens (primary N) is 1. The third kappa shape index (κ3) is 6.94. The third-order valence-electron chi connectivity index (χ3n) is 2.72. The highest BCUT2D eigenvalue weighted by Crippen LogP contribution is 2.04. The quantitative estimate of drug-likeness (QED) is 0.489. The van der Waals surface area contributed by atoms with Crippen molar-refractivity contribution in [3.63, 3.8) is 0 Å². The van der Waals surface area contributed by atoms with E-state index in [-0.39, 0.29) is 17.8 Å². The Bertz CT molecular complexity index is 244. The summed E-state index contributed by atoms with van der Waals surface area (Å²) in [6, 6.07) is -0.470. The molecule has 0 aliphatic heterocycles. The Morgan fingerprint density at radius 1 is 1.35 bits per heavy atom. The smallest absolute Gasteiger partial charge is 0.305 e. The molecule has 3 N–H and O–H groups in total. The van der Waals surface area contributed by atoms with Crippen LogP contribution in [0.3, 0.4) is 0 Å². The van der Waals surface area contributed by atoms with E-state index in [1.807, 2.05) is 13.8 Å². The van der Waals surface area contributed by atoms with E-state index < -0.39 is 6.04 Å². The van der Waals surface area contributed by atoms with Crippen molar-refractivity contribution in [1.29, 1.82) is 0 Å². The van der Waals surface area contributed by atoms with Crippen LogP contribution in [0.5, 0.6) is 0 Å². The van der Waals surface area contributed by atoms with Gasteiger partial charge in [-0.2, -0.15) is 0 Å². The second-order valence-corrected chi connectivity index (χ2v) is 4.11. The van der Waals surface area contributed by atoms with Crippen molar-refractivity contribution in [2.24, 2.45) is 11.7 Å². The maximum absolute atomic E-state index is 11.6. The molecule has 5 heteroatoms. The van der Waals surface area contributed by atoms with Gasteiger partial charge in [-0.3, -0.25) is 9.59 Å². The SMILES string of the molecule is CCOC(=O)CCCNC(=O)C(N)C(C)CC. The molecule has 0 rings (SSSR count). The van der Waals surface area contributed by atoms with Gasteiger partial charge in [0.25, 0.3) is 0 Å². The van der Waals surface area contributed by atoms with E-state index in [9.17, 15) is 9.59 Å². The lowest BCUT2D eigenvalue weighted by Crippen LogP contribution is -2.44. The second-order valence-electron chi connectivity index (χ2n) is 4.11. The zero-order valence-electron chi connectivity index (χ0n) is 11.0. The highest BCUT2D eigenvalue weighted by molar-refractivity contribution is 5.81. The molecular weight excluding hydrogens is 220 g/mol. The summed E-state index contributed by atoms with van der Waals surface area (Å²) >= 11 is 0. The Morgan fingerprint density at radius 2 is 2.00 bits per heavy atom. The molecule has 0 saturated heterocycles. The van der Waals surface area contributed by atoms with Crippen LogP contribution in [0.15, 0.2) is 0 Å². The summed E-state index contributed by atoms with van der Waals surface area (Å²) in [6.07, 6.45) is 1.78. The van der Waals surface area contributed by atoms with Crippen LogP contribution in [-0.2, 0) is 14.3 Å². The van der Waals surface area contributed by atoms with Gasteiger partial charge in [0.1, 0.15) is 0 Å². The number of rotatable bonds is 8. The van der Waals surface area contributed by atoms with Gasteiger partial charge in [-0.05, 0) is 19.3 Å². The second kappa shape index (κ2) is 8.98. The average Bonchev–Trinajstić information content (AvgIpc) is 2.32. The molecule has 0 fully saturated rings. The zero-order chi connectivity index (χ0) is 13.3. The van der Waals surface area contributed by atoms with Crippen LogP contribution in [0.4, 0.5) is 0 Å². The molecule has 2 unspecified atom stereocenters. The first kappa shape index (κ1) is 15.9. The molecule has 0 aliphatic carbocycles. The van der Waals surface area contributed by atoms with E-state index in [2.05, 4.69) is 5.32 Å². The van der Waals surface area contributed by atoms with E-state index in [1.165, 1.54) is 0 Å². The minimum Gasteiger partial charge on any atom is -0.466 e. The Kier molecular flexibility index (Phi) is 8.40. The van der Waals surface area contributed by atoms with Gasteiger partial charge in [-0.25, -0.2) is 0 Å². The van der Waals surface area contributed by atoms with Crippen LogP contribution in [0.25, 0.3) is 0 Å². The van der Waals surface area contributed by atoms with Crippen molar-refractivity contribution < 1.29 is 14.3 Å². The van der Waals surface area contributed by atoms with Gasteiger partial charge in [0.15, 0.2) is 0 Å². The van der Waals surface area contributed by atoms with Gasteiger partial charge in [-0.15, -0.1) is 0 Å². The molecule has 0 aromatic rings. The lowest BCUT2D eigenvalue weighted by molar-refractivity contribution is -0.143. The van der Waals surface area contributed by atoms with E-state index in [4.69, 9.17) is 10.5 Å². The number of ether oxygens (including phenoxy) is 1. The van der Waals surface area contributed by atoms with Gasteiger partial charge >= 0.3 is 5.97 Å². The fourth-order valence-electron chi connectivity index (χ4n) is 1.31. The molecule has 17 heavy (non-hydrogen) atoms. The summed E-state index contributed by atoms with van der Waals surface area (Å²) in [5, 5.41) is 2.72. The largest absolute Gasteiger partial charge is 0.466 e. The van der Waals surface area contributed by atoms with Crippen LogP contribution in [0.1, 0.15) is 40.0 Å². The minimum absolute atomic E-state index is 0.150.